The fourth-order valence-electron chi connectivity index (χ4n) is 2.92. The predicted molar refractivity (Wildman–Crippen MR) is 92.5 cm³/mol. The fourth-order valence-corrected chi connectivity index (χ4v) is 2.92. The first-order valence-corrected chi connectivity index (χ1v) is 8.09. The summed E-state index contributed by atoms with van der Waals surface area (Å²) in [6.07, 6.45) is 7.90. The van der Waals surface area contributed by atoms with Crippen molar-refractivity contribution in [3.8, 4) is 0 Å². The molecular formula is C17H24N6. The van der Waals surface area contributed by atoms with Gasteiger partial charge < -0.3 is 10.2 Å². The van der Waals surface area contributed by atoms with Gasteiger partial charge in [-0.2, -0.15) is 4.98 Å². The first-order valence-electron chi connectivity index (χ1n) is 8.09. The minimum atomic E-state index is 0.426. The van der Waals surface area contributed by atoms with Crippen LogP contribution in [0.5, 0.6) is 0 Å². The number of pyridine rings is 1. The maximum atomic E-state index is 4.55. The van der Waals surface area contributed by atoms with E-state index in [9.17, 15) is 0 Å². The molecule has 3 heterocycles. The predicted octanol–water partition coefficient (Wildman–Crippen LogP) is 2.01. The quantitative estimate of drug-likeness (QED) is 0.911. The third-order valence-corrected chi connectivity index (χ3v) is 4.06. The van der Waals surface area contributed by atoms with Crippen LogP contribution >= 0.6 is 0 Å². The summed E-state index contributed by atoms with van der Waals surface area (Å²) in [7, 11) is 3.91. The molecule has 1 fully saturated rings. The van der Waals surface area contributed by atoms with Gasteiger partial charge >= 0.3 is 0 Å². The zero-order valence-corrected chi connectivity index (χ0v) is 13.8. The van der Waals surface area contributed by atoms with Gasteiger partial charge in [-0.15, -0.1) is 0 Å². The normalized spacial score (nSPS) is 18.6. The molecule has 2 aromatic heterocycles. The van der Waals surface area contributed by atoms with Crippen LogP contribution in [0.25, 0.3) is 0 Å². The second-order valence-corrected chi connectivity index (χ2v) is 6.21. The van der Waals surface area contributed by atoms with Crippen molar-refractivity contribution < 1.29 is 0 Å². The van der Waals surface area contributed by atoms with Gasteiger partial charge in [0.15, 0.2) is 0 Å². The van der Waals surface area contributed by atoms with Crippen LogP contribution in [0.3, 0.4) is 0 Å². The summed E-state index contributed by atoms with van der Waals surface area (Å²) in [5.74, 6) is 1.64. The lowest BCUT2D eigenvalue weighted by Gasteiger charge is -2.33. The molecule has 6 heteroatoms. The van der Waals surface area contributed by atoms with Gasteiger partial charge in [0, 0.05) is 51.8 Å². The van der Waals surface area contributed by atoms with Crippen molar-refractivity contribution in [2.45, 2.75) is 25.4 Å². The van der Waals surface area contributed by atoms with Crippen LogP contribution in [-0.4, -0.2) is 53.1 Å². The Morgan fingerprint density at radius 2 is 2.04 bits per heavy atom. The molecular weight excluding hydrogens is 288 g/mol. The average molecular weight is 312 g/mol. The zero-order valence-electron chi connectivity index (χ0n) is 13.8. The summed E-state index contributed by atoms with van der Waals surface area (Å²) >= 11 is 0. The Bertz CT molecular complexity index is 615. The number of piperidine rings is 1. The zero-order chi connectivity index (χ0) is 16.1. The van der Waals surface area contributed by atoms with Gasteiger partial charge in [-0.05, 0) is 43.1 Å². The largest absolute Gasteiger partial charge is 0.366 e. The minimum Gasteiger partial charge on any atom is -0.366 e. The van der Waals surface area contributed by atoms with Crippen LogP contribution in [0.4, 0.5) is 11.8 Å². The molecule has 1 N–H and O–H groups in total. The van der Waals surface area contributed by atoms with Crippen LogP contribution in [0.1, 0.15) is 18.4 Å². The van der Waals surface area contributed by atoms with Crippen molar-refractivity contribution in [1.82, 2.24) is 19.9 Å². The molecule has 1 unspecified atom stereocenters. The SMILES string of the molecule is CN(C)c1nccc(NC2CCCN(Cc3ccncc3)C2)n1. The minimum absolute atomic E-state index is 0.426. The van der Waals surface area contributed by atoms with Crippen LogP contribution in [0.15, 0.2) is 36.8 Å². The van der Waals surface area contributed by atoms with E-state index in [1.807, 2.05) is 43.7 Å². The van der Waals surface area contributed by atoms with Crippen molar-refractivity contribution in [3.05, 3.63) is 42.4 Å². The van der Waals surface area contributed by atoms with E-state index >= 15 is 0 Å². The molecule has 6 nitrogen and oxygen atoms in total. The van der Waals surface area contributed by atoms with Gasteiger partial charge in [0.05, 0.1) is 0 Å². The highest BCUT2D eigenvalue weighted by Gasteiger charge is 2.20. The third-order valence-electron chi connectivity index (χ3n) is 4.06. The maximum Gasteiger partial charge on any atom is 0.226 e. The van der Waals surface area contributed by atoms with E-state index in [-0.39, 0.29) is 0 Å². The van der Waals surface area contributed by atoms with E-state index in [4.69, 9.17) is 0 Å². The molecule has 0 aliphatic carbocycles. The molecule has 0 saturated carbocycles. The Kier molecular flexibility index (Phi) is 5.02. The van der Waals surface area contributed by atoms with Gasteiger partial charge in [0.1, 0.15) is 5.82 Å². The van der Waals surface area contributed by atoms with Gasteiger partial charge in [0.2, 0.25) is 5.95 Å². The number of nitrogens with zero attached hydrogens (tertiary/aromatic N) is 5. The molecule has 23 heavy (non-hydrogen) atoms. The Balaban J connectivity index is 1.59. The number of hydrogen-bond acceptors (Lipinski definition) is 6. The fraction of sp³-hybridized carbons (Fsp3) is 0.471. The summed E-state index contributed by atoms with van der Waals surface area (Å²) in [5, 5.41) is 3.56. The number of nitrogens with one attached hydrogen (secondary N) is 1. The topological polar surface area (TPSA) is 57.2 Å². The molecule has 0 radical (unpaired) electrons. The van der Waals surface area contributed by atoms with E-state index < -0.39 is 0 Å². The molecule has 0 aromatic carbocycles. The molecule has 3 rings (SSSR count). The van der Waals surface area contributed by atoms with Crippen molar-refractivity contribution >= 4 is 11.8 Å². The van der Waals surface area contributed by atoms with Crippen molar-refractivity contribution in [3.63, 3.8) is 0 Å². The Morgan fingerprint density at radius 3 is 2.83 bits per heavy atom. The first kappa shape index (κ1) is 15.7. The molecule has 122 valence electrons. The van der Waals surface area contributed by atoms with Gasteiger partial charge in [-0.3, -0.25) is 9.88 Å². The molecule has 1 atom stereocenters. The van der Waals surface area contributed by atoms with Gasteiger partial charge in [0.25, 0.3) is 0 Å². The first-order chi connectivity index (χ1) is 11.2. The van der Waals surface area contributed by atoms with Crippen LogP contribution in [0, 0.1) is 0 Å². The lowest BCUT2D eigenvalue weighted by atomic mass is 10.0. The Hall–Kier alpha value is -2.21. The number of hydrogen-bond donors (Lipinski definition) is 1. The van der Waals surface area contributed by atoms with E-state index in [2.05, 4.69) is 37.3 Å². The second kappa shape index (κ2) is 7.37. The van der Waals surface area contributed by atoms with E-state index in [1.54, 1.807) is 0 Å². The number of aromatic nitrogens is 3. The van der Waals surface area contributed by atoms with Crippen LogP contribution < -0.4 is 10.2 Å². The molecule has 1 aliphatic heterocycles. The van der Waals surface area contributed by atoms with Crippen LogP contribution in [-0.2, 0) is 6.54 Å². The molecule has 0 spiro atoms. The van der Waals surface area contributed by atoms with Crippen molar-refractivity contribution in [2.75, 3.05) is 37.4 Å². The van der Waals surface area contributed by atoms with E-state index in [1.165, 1.54) is 18.4 Å². The van der Waals surface area contributed by atoms with Gasteiger partial charge in [-0.1, -0.05) is 0 Å². The summed E-state index contributed by atoms with van der Waals surface area (Å²) in [4.78, 5) is 17.3. The van der Waals surface area contributed by atoms with Crippen molar-refractivity contribution in [1.29, 1.82) is 0 Å². The highest BCUT2D eigenvalue weighted by atomic mass is 15.2. The molecule has 0 amide bonds. The van der Waals surface area contributed by atoms with Crippen LogP contribution in [0.2, 0.25) is 0 Å². The molecule has 0 bridgehead atoms. The standard InChI is InChI=1S/C17H24N6/c1-22(2)17-19-10-7-16(21-17)20-15-4-3-11-23(13-15)12-14-5-8-18-9-6-14/h5-10,15H,3-4,11-13H2,1-2H3,(H,19,20,21). The second-order valence-electron chi connectivity index (χ2n) is 6.21. The van der Waals surface area contributed by atoms with Crippen molar-refractivity contribution in [2.24, 2.45) is 0 Å². The number of rotatable bonds is 5. The average Bonchev–Trinajstić information content (AvgIpc) is 2.56. The lowest BCUT2D eigenvalue weighted by molar-refractivity contribution is 0.208. The monoisotopic (exact) mass is 312 g/mol. The lowest BCUT2D eigenvalue weighted by Crippen LogP contribution is -2.41. The summed E-state index contributed by atoms with van der Waals surface area (Å²) < 4.78 is 0. The maximum absolute atomic E-state index is 4.55. The highest BCUT2D eigenvalue weighted by Crippen LogP contribution is 2.17. The Morgan fingerprint density at radius 1 is 1.22 bits per heavy atom. The summed E-state index contributed by atoms with van der Waals surface area (Å²) in [6, 6.07) is 6.54. The molecule has 2 aromatic rings. The Labute approximate surface area is 137 Å². The number of likely N-dealkylation sites (tertiary alicyclic amines) is 1. The van der Waals surface area contributed by atoms with E-state index in [0.717, 1.165) is 31.4 Å². The smallest absolute Gasteiger partial charge is 0.226 e. The molecule has 1 saturated heterocycles. The molecule has 1 aliphatic rings. The van der Waals surface area contributed by atoms with E-state index in [0.29, 0.717) is 6.04 Å². The number of anilines is 2. The summed E-state index contributed by atoms with van der Waals surface area (Å²) in [6.45, 7) is 3.16. The highest BCUT2D eigenvalue weighted by molar-refractivity contribution is 5.41. The van der Waals surface area contributed by atoms with Gasteiger partial charge in [-0.25, -0.2) is 4.98 Å². The summed E-state index contributed by atoms with van der Waals surface area (Å²) in [5.41, 5.74) is 1.32. The third kappa shape index (κ3) is 4.39.